The molecule has 0 aliphatic rings. The van der Waals surface area contributed by atoms with Crippen molar-refractivity contribution in [3.8, 4) is 0 Å². The topological polar surface area (TPSA) is 96.9 Å². The highest BCUT2D eigenvalue weighted by atomic mass is 16.7. The molecular weight excluding hydrogens is 300 g/mol. The summed E-state index contributed by atoms with van der Waals surface area (Å²) in [7, 11) is 0. The van der Waals surface area contributed by atoms with Crippen LogP contribution < -0.4 is 10.8 Å². The first-order valence-corrected chi connectivity index (χ1v) is 7.32. The number of carbonyl (C=O) groups excluding carboxylic acids is 2. The van der Waals surface area contributed by atoms with Crippen LogP contribution in [-0.4, -0.2) is 34.9 Å². The van der Waals surface area contributed by atoms with Crippen molar-refractivity contribution in [1.82, 2.24) is 10.8 Å². The Morgan fingerprint density at radius 3 is 2.35 bits per heavy atom. The van der Waals surface area contributed by atoms with Gasteiger partial charge in [-0.2, -0.15) is 0 Å². The summed E-state index contributed by atoms with van der Waals surface area (Å²) in [6.07, 6.45) is -1.90. The predicted octanol–water partition coefficient (Wildman–Crippen LogP) is 1.51. The predicted molar refractivity (Wildman–Crippen MR) is 84.2 cm³/mol. The maximum atomic E-state index is 12.0. The summed E-state index contributed by atoms with van der Waals surface area (Å²) in [5, 5.41) is 12.0. The summed E-state index contributed by atoms with van der Waals surface area (Å²) >= 11 is 0. The quantitative estimate of drug-likeness (QED) is 0.689. The molecule has 0 bridgehead atoms. The molecule has 0 saturated carbocycles. The van der Waals surface area contributed by atoms with Crippen LogP contribution in [0.15, 0.2) is 30.3 Å². The molecular formula is C16H24N2O5. The van der Waals surface area contributed by atoms with Crippen molar-refractivity contribution in [3.05, 3.63) is 35.9 Å². The van der Waals surface area contributed by atoms with Gasteiger partial charge in [-0.1, -0.05) is 30.3 Å². The largest absolute Gasteiger partial charge is 0.444 e. The Labute approximate surface area is 135 Å². The molecule has 0 saturated heterocycles. The highest BCUT2D eigenvalue weighted by molar-refractivity contribution is 5.85. The van der Waals surface area contributed by atoms with Gasteiger partial charge < -0.3 is 15.2 Å². The SMILES string of the molecule is C[C@H](O)[C@H](NC(=O)OC(C)(C)C)C(=O)NOCc1ccccc1. The number of alkyl carbamates (subject to hydrolysis) is 1. The molecule has 128 valence electrons. The lowest BCUT2D eigenvalue weighted by Gasteiger charge is -2.24. The van der Waals surface area contributed by atoms with Crippen LogP contribution in [0.25, 0.3) is 0 Å². The summed E-state index contributed by atoms with van der Waals surface area (Å²) in [5.74, 6) is -0.665. The maximum Gasteiger partial charge on any atom is 0.408 e. The average molecular weight is 324 g/mol. The molecule has 7 nitrogen and oxygen atoms in total. The van der Waals surface area contributed by atoms with Gasteiger partial charge in [0.25, 0.3) is 5.91 Å². The van der Waals surface area contributed by atoms with E-state index in [0.717, 1.165) is 5.56 Å². The summed E-state index contributed by atoms with van der Waals surface area (Å²) in [4.78, 5) is 28.8. The van der Waals surface area contributed by atoms with E-state index in [1.54, 1.807) is 20.8 Å². The smallest absolute Gasteiger partial charge is 0.408 e. The van der Waals surface area contributed by atoms with Gasteiger partial charge in [-0.3, -0.25) is 9.63 Å². The van der Waals surface area contributed by atoms with Crippen molar-refractivity contribution in [2.45, 2.75) is 52.0 Å². The van der Waals surface area contributed by atoms with Gasteiger partial charge in [0.2, 0.25) is 0 Å². The first kappa shape index (κ1) is 18.9. The normalized spacial score (nSPS) is 13.8. The van der Waals surface area contributed by atoms with Crippen molar-refractivity contribution < 1.29 is 24.3 Å². The Bertz CT molecular complexity index is 511. The van der Waals surface area contributed by atoms with E-state index < -0.39 is 29.7 Å². The number of aliphatic hydroxyl groups excluding tert-OH is 1. The fourth-order valence-electron chi connectivity index (χ4n) is 1.67. The van der Waals surface area contributed by atoms with Gasteiger partial charge in [0.15, 0.2) is 0 Å². The standard InChI is InChI=1S/C16H24N2O5/c1-11(19)13(17-15(21)23-16(2,3)4)14(20)18-22-10-12-8-6-5-7-9-12/h5-9,11,13,19H,10H2,1-4H3,(H,17,21)(H,18,20)/t11-,13-/m0/s1. The van der Waals surface area contributed by atoms with Gasteiger partial charge in [-0.25, -0.2) is 10.3 Å². The van der Waals surface area contributed by atoms with Crippen LogP contribution in [0, 0.1) is 0 Å². The molecule has 0 aromatic heterocycles. The minimum Gasteiger partial charge on any atom is -0.444 e. The molecule has 7 heteroatoms. The summed E-state index contributed by atoms with van der Waals surface area (Å²) < 4.78 is 5.06. The third-order valence-corrected chi connectivity index (χ3v) is 2.69. The van der Waals surface area contributed by atoms with E-state index in [0.29, 0.717) is 0 Å². The van der Waals surface area contributed by atoms with Crippen molar-refractivity contribution in [2.75, 3.05) is 0 Å². The zero-order valence-corrected chi connectivity index (χ0v) is 13.8. The average Bonchev–Trinajstić information content (AvgIpc) is 2.43. The van der Waals surface area contributed by atoms with E-state index in [1.807, 2.05) is 30.3 Å². The van der Waals surface area contributed by atoms with E-state index in [1.165, 1.54) is 6.92 Å². The summed E-state index contributed by atoms with van der Waals surface area (Å²) in [5.41, 5.74) is 2.39. The van der Waals surface area contributed by atoms with Gasteiger partial charge in [0, 0.05) is 0 Å². The zero-order valence-electron chi connectivity index (χ0n) is 13.8. The second-order valence-electron chi connectivity index (χ2n) is 6.11. The lowest BCUT2D eigenvalue weighted by Crippen LogP contribution is -2.53. The Hall–Kier alpha value is -2.12. The van der Waals surface area contributed by atoms with Crippen LogP contribution in [0.3, 0.4) is 0 Å². The molecule has 0 spiro atoms. The zero-order chi connectivity index (χ0) is 17.5. The van der Waals surface area contributed by atoms with Crippen LogP contribution in [0.5, 0.6) is 0 Å². The number of nitrogens with one attached hydrogen (secondary N) is 2. The van der Waals surface area contributed by atoms with Gasteiger partial charge in [-0.15, -0.1) is 0 Å². The number of aliphatic hydroxyl groups is 1. The number of rotatable bonds is 6. The molecule has 3 N–H and O–H groups in total. The minimum atomic E-state index is -1.18. The summed E-state index contributed by atoms with van der Waals surface area (Å²) in [6.45, 7) is 6.66. The second-order valence-corrected chi connectivity index (χ2v) is 6.11. The molecule has 0 heterocycles. The first-order chi connectivity index (χ1) is 10.7. The van der Waals surface area contributed by atoms with Crippen LogP contribution in [0.4, 0.5) is 4.79 Å². The minimum absolute atomic E-state index is 0.172. The molecule has 23 heavy (non-hydrogen) atoms. The fourth-order valence-corrected chi connectivity index (χ4v) is 1.67. The number of ether oxygens (including phenoxy) is 1. The third-order valence-electron chi connectivity index (χ3n) is 2.69. The second kappa shape index (κ2) is 8.50. The van der Waals surface area contributed by atoms with Crippen LogP contribution in [0.2, 0.25) is 0 Å². The number of benzene rings is 1. The van der Waals surface area contributed by atoms with Crippen molar-refractivity contribution in [1.29, 1.82) is 0 Å². The number of amides is 2. The molecule has 0 fully saturated rings. The summed E-state index contributed by atoms with van der Waals surface area (Å²) in [6, 6.07) is 8.08. The number of carbonyl (C=O) groups is 2. The van der Waals surface area contributed by atoms with E-state index in [-0.39, 0.29) is 6.61 Å². The Morgan fingerprint density at radius 1 is 1.22 bits per heavy atom. The van der Waals surface area contributed by atoms with Gasteiger partial charge in [-0.05, 0) is 33.3 Å². The fraction of sp³-hybridized carbons (Fsp3) is 0.500. The van der Waals surface area contributed by atoms with Crippen molar-refractivity contribution >= 4 is 12.0 Å². The number of hydrogen-bond acceptors (Lipinski definition) is 5. The highest BCUT2D eigenvalue weighted by Gasteiger charge is 2.28. The molecule has 1 aromatic rings. The van der Waals surface area contributed by atoms with E-state index in [4.69, 9.17) is 9.57 Å². The van der Waals surface area contributed by atoms with Crippen molar-refractivity contribution in [3.63, 3.8) is 0 Å². The lowest BCUT2D eigenvalue weighted by atomic mass is 10.2. The third kappa shape index (κ3) is 7.62. The van der Waals surface area contributed by atoms with E-state index in [9.17, 15) is 14.7 Å². The first-order valence-electron chi connectivity index (χ1n) is 7.32. The molecule has 2 atom stereocenters. The molecule has 0 aliphatic carbocycles. The lowest BCUT2D eigenvalue weighted by molar-refractivity contribution is -0.139. The molecule has 0 unspecified atom stereocenters. The highest BCUT2D eigenvalue weighted by Crippen LogP contribution is 2.07. The Balaban J connectivity index is 2.49. The van der Waals surface area contributed by atoms with Gasteiger partial charge in [0.05, 0.1) is 12.7 Å². The van der Waals surface area contributed by atoms with E-state index in [2.05, 4.69) is 10.8 Å². The maximum absolute atomic E-state index is 12.0. The number of hydroxylamine groups is 1. The van der Waals surface area contributed by atoms with Gasteiger partial charge in [0.1, 0.15) is 11.6 Å². The van der Waals surface area contributed by atoms with Crippen LogP contribution >= 0.6 is 0 Å². The van der Waals surface area contributed by atoms with Crippen LogP contribution in [-0.2, 0) is 21.0 Å². The molecule has 0 aliphatic heterocycles. The molecule has 1 aromatic carbocycles. The number of hydrogen-bond donors (Lipinski definition) is 3. The Kier molecular flexibility index (Phi) is 6.99. The molecule has 1 rings (SSSR count). The van der Waals surface area contributed by atoms with Crippen molar-refractivity contribution in [2.24, 2.45) is 0 Å². The molecule has 2 amide bonds. The Morgan fingerprint density at radius 2 is 1.83 bits per heavy atom. The molecule has 0 radical (unpaired) electrons. The van der Waals surface area contributed by atoms with Gasteiger partial charge >= 0.3 is 6.09 Å². The van der Waals surface area contributed by atoms with Crippen LogP contribution in [0.1, 0.15) is 33.3 Å². The van der Waals surface area contributed by atoms with E-state index >= 15 is 0 Å². The monoisotopic (exact) mass is 324 g/mol.